The van der Waals surface area contributed by atoms with Crippen LogP contribution in [-0.4, -0.2) is 15.5 Å². The lowest BCUT2D eigenvalue weighted by Crippen LogP contribution is -2.24. The third-order valence-corrected chi connectivity index (χ3v) is 4.34. The molecule has 0 atom stereocenters. The Morgan fingerprint density at radius 2 is 1.92 bits per heavy atom. The van der Waals surface area contributed by atoms with E-state index in [0.29, 0.717) is 12.3 Å². The van der Waals surface area contributed by atoms with Crippen molar-refractivity contribution < 1.29 is 9.21 Å². The zero-order valence-electron chi connectivity index (χ0n) is 13.5. The molecule has 0 bridgehead atoms. The van der Waals surface area contributed by atoms with Crippen LogP contribution in [0, 0.1) is 6.92 Å². The van der Waals surface area contributed by atoms with Crippen LogP contribution in [0.15, 0.2) is 52.9 Å². The standard InChI is InChI=1S/C19H17N3O2/c1-12-13-7-3-6-10-16(13)24-18(12)19(23)20-11-17-21-14-8-4-5-9-15(14)22(17)2/h3-10H,11H2,1-2H3,(H,20,23). The zero-order valence-corrected chi connectivity index (χ0v) is 13.5. The molecule has 0 aliphatic heterocycles. The summed E-state index contributed by atoms with van der Waals surface area (Å²) in [5, 5.41) is 3.87. The molecule has 24 heavy (non-hydrogen) atoms. The van der Waals surface area contributed by atoms with Gasteiger partial charge in [-0.3, -0.25) is 4.79 Å². The number of carbonyl (C=O) groups excluding carboxylic acids is 1. The Hall–Kier alpha value is -3.08. The SMILES string of the molecule is Cc1c(C(=O)NCc2nc3ccccc3n2C)oc2ccccc12. The van der Waals surface area contributed by atoms with Crippen molar-refractivity contribution in [2.45, 2.75) is 13.5 Å². The summed E-state index contributed by atoms with van der Waals surface area (Å²) < 4.78 is 7.69. The Labute approximate surface area is 138 Å². The van der Waals surface area contributed by atoms with Crippen molar-refractivity contribution in [3.63, 3.8) is 0 Å². The van der Waals surface area contributed by atoms with Crippen LogP contribution < -0.4 is 5.32 Å². The molecular weight excluding hydrogens is 302 g/mol. The summed E-state index contributed by atoms with van der Waals surface area (Å²) in [4.78, 5) is 17.1. The molecule has 2 heterocycles. The summed E-state index contributed by atoms with van der Waals surface area (Å²) in [6, 6.07) is 15.6. The van der Waals surface area contributed by atoms with E-state index in [4.69, 9.17) is 4.42 Å². The van der Waals surface area contributed by atoms with Gasteiger partial charge < -0.3 is 14.3 Å². The molecule has 120 valence electrons. The lowest BCUT2D eigenvalue weighted by atomic mass is 10.1. The molecule has 0 aliphatic carbocycles. The van der Waals surface area contributed by atoms with Gasteiger partial charge in [0.2, 0.25) is 0 Å². The van der Waals surface area contributed by atoms with Gasteiger partial charge in [-0.15, -0.1) is 0 Å². The number of rotatable bonds is 3. The van der Waals surface area contributed by atoms with Crippen molar-refractivity contribution >= 4 is 27.9 Å². The number of imidazole rings is 1. The number of fused-ring (bicyclic) bond motifs is 2. The van der Waals surface area contributed by atoms with Crippen LogP contribution in [0.2, 0.25) is 0 Å². The average molecular weight is 319 g/mol. The Kier molecular flexibility index (Phi) is 3.34. The van der Waals surface area contributed by atoms with Gasteiger partial charge in [0.1, 0.15) is 11.4 Å². The second-order valence-corrected chi connectivity index (χ2v) is 5.81. The minimum atomic E-state index is -0.226. The molecule has 0 saturated carbocycles. The molecule has 0 spiro atoms. The first-order valence-corrected chi connectivity index (χ1v) is 7.82. The van der Waals surface area contributed by atoms with Crippen LogP contribution in [0.3, 0.4) is 0 Å². The van der Waals surface area contributed by atoms with Gasteiger partial charge in [-0.25, -0.2) is 4.98 Å². The number of carbonyl (C=O) groups is 1. The van der Waals surface area contributed by atoms with Gasteiger partial charge in [0.05, 0.1) is 17.6 Å². The number of nitrogens with one attached hydrogen (secondary N) is 1. The van der Waals surface area contributed by atoms with Gasteiger partial charge in [0, 0.05) is 18.0 Å². The van der Waals surface area contributed by atoms with Crippen LogP contribution >= 0.6 is 0 Å². The first-order valence-electron chi connectivity index (χ1n) is 7.82. The molecule has 1 amide bonds. The van der Waals surface area contributed by atoms with Crippen molar-refractivity contribution in [1.82, 2.24) is 14.9 Å². The number of aromatic nitrogens is 2. The lowest BCUT2D eigenvalue weighted by Gasteiger charge is -2.04. The fraction of sp³-hybridized carbons (Fsp3) is 0.158. The van der Waals surface area contributed by atoms with Crippen LogP contribution in [0.25, 0.3) is 22.0 Å². The molecule has 1 N–H and O–H groups in total. The second kappa shape index (κ2) is 5.53. The molecular formula is C19H17N3O2. The number of nitrogens with zero attached hydrogens (tertiary/aromatic N) is 2. The molecule has 0 aliphatic rings. The van der Waals surface area contributed by atoms with Gasteiger partial charge in [0.15, 0.2) is 5.76 Å². The van der Waals surface area contributed by atoms with E-state index in [1.807, 2.05) is 67.1 Å². The van der Waals surface area contributed by atoms with E-state index in [1.54, 1.807) is 0 Å². The predicted octanol–water partition coefficient (Wildman–Crippen LogP) is 3.56. The van der Waals surface area contributed by atoms with Crippen LogP contribution in [-0.2, 0) is 13.6 Å². The van der Waals surface area contributed by atoms with Crippen molar-refractivity contribution in [3.8, 4) is 0 Å². The smallest absolute Gasteiger partial charge is 0.287 e. The van der Waals surface area contributed by atoms with Crippen LogP contribution in [0.4, 0.5) is 0 Å². The molecule has 0 unspecified atom stereocenters. The summed E-state index contributed by atoms with van der Waals surface area (Å²) >= 11 is 0. The van der Waals surface area contributed by atoms with E-state index in [-0.39, 0.29) is 5.91 Å². The van der Waals surface area contributed by atoms with E-state index in [0.717, 1.165) is 33.4 Å². The summed E-state index contributed by atoms with van der Waals surface area (Å²) in [6.07, 6.45) is 0. The number of benzene rings is 2. The summed E-state index contributed by atoms with van der Waals surface area (Å²) in [7, 11) is 1.95. The minimum Gasteiger partial charge on any atom is -0.451 e. The van der Waals surface area contributed by atoms with E-state index in [9.17, 15) is 4.79 Å². The highest BCUT2D eigenvalue weighted by molar-refractivity contribution is 5.98. The van der Waals surface area contributed by atoms with Crippen molar-refractivity contribution in [2.75, 3.05) is 0 Å². The van der Waals surface area contributed by atoms with Gasteiger partial charge in [-0.1, -0.05) is 30.3 Å². The first-order chi connectivity index (χ1) is 11.6. The van der Waals surface area contributed by atoms with E-state index in [1.165, 1.54) is 0 Å². The Morgan fingerprint density at radius 1 is 1.17 bits per heavy atom. The van der Waals surface area contributed by atoms with Gasteiger partial charge >= 0.3 is 0 Å². The quantitative estimate of drug-likeness (QED) is 0.628. The monoisotopic (exact) mass is 319 g/mol. The first kappa shape index (κ1) is 14.5. The topological polar surface area (TPSA) is 60.1 Å². The molecule has 4 rings (SSSR count). The Bertz CT molecular complexity index is 1060. The average Bonchev–Trinajstić information content (AvgIpc) is 3.11. The molecule has 2 aromatic heterocycles. The van der Waals surface area contributed by atoms with Crippen LogP contribution in [0.5, 0.6) is 0 Å². The molecule has 0 fully saturated rings. The molecule has 5 nitrogen and oxygen atoms in total. The van der Waals surface area contributed by atoms with E-state index < -0.39 is 0 Å². The highest BCUT2D eigenvalue weighted by atomic mass is 16.3. The zero-order chi connectivity index (χ0) is 16.7. The number of hydrogen-bond acceptors (Lipinski definition) is 3. The van der Waals surface area contributed by atoms with Gasteiger partial charge in [-0.05, 0) is 25.1 Å². The van der Waals surface area contributed by atoms with Gasteiger partial charge in [0.25, 0.3) is 5.91 Å². The highest BCUT2D eigenvalue weighted by Gasteiger charge is 2.18. The summed E-state index contributed by atoms with van der Waals surface area (Å²) in [6.45, 7) is 2.25. The highest BCUT2D eigenvalue weighted by Crippen LogP contribution is 2.24. The maximum atomic E-state index is 12.5. The summed E-state index contributed by atoms with van der Waals surface area (Å²) in [5.41, 5.74) is 3.54. The van der Waals surface area contributed by atoms with Crippen molar-refractivity contribution in [1.29, 1.82) is 0 Å². The second-order valence-electron chi connectivity index (χ2n) is 5.81. The Balaban J connectivity index is 1.59. The lowest BCUT2D eigenvalue weighted by molar-refractivity contribution is 0.0923. The molecule has 0 saturated heterocycles. The number of hydrogen-bond donors (Lipinski definition) is 1. The number of furan rings is 1. The summed E-state index contributed by atoms with van der Waals surface area (Å²) in [5.74, 6) is 0.934. The maximum Gasteiger partial charge on any atom is 0.287 e. The van der Waals surface area contributed by atoms with Crippen LogP contribution in [0.1, 0.15) is 21.9 Å². The molecule has 2 aromatic carbocycles. The maximum absolute atomic E-state index is 12.5. The predicted molar refractivity (Wildman–Crippen MR) is 92.8 cm³/mol. The molecule has 5 heteroatoms. The fourth-order valence-corrected chi connectivity index (χ4v) is 2.98. The number of para-hydroxylation sites is 3. The molecule has 4 aromatic rings. The normalized spacial score (nSPS) is 11.2. The van der Waals surface area contributed by atoms with E-state index >= 15 is 0 Å². The Morgan fingerprint density at radius 3 is 2.71 bits per heavy atom. The van der Waals surface area contributed by atoms with Crippen molar-refractivity contribution in [3.05, 3.63) is 65.7 Å². The van der Waals surface area contributed by atoms with E-state index in [2.05, 4.69) is 10.3 Å². The van der Waals surface area contributed by atoms with Crippen molar-refractivity contribution in [2.24, 2.45) is 7.05 Å². The minimum absolute atomic E-state index is 0.226. The number of aryl methyl sites for hydroxylation is 2. The largest absolute Gasteiger partial charge is 0.451 e. The third-order valence-electron chi connectivity index (χ3n) is 4.34. The van der Waals surface area contributed by atoms with Gasteiger partial charge in [-0.2, -0.15) is 0 Å². The fourth-order valence-electron chi connectivity index (χ4n) is 2.98. The number of amides is 1. The molecule has 0 radical (unpaired) electrons. The third kappa shape index (κ3) is 2.25.